The first kappa shape index (κ1) is 12.8. The van der Waals surface area contributed by atoms with E-state index in [2.05, 4.69) is 16.8 Å². The van der Waals surface area contributed by atoms with E-state index in [1.807, 2.05) is 31.2 Å². The maximum atomic E-state index is 10.6. The number of carboxylic acid groups (broad SMARTS) is 1. The van der Waals surface area contributed by atoms with Gasteiger partial charge in [-0.05, 0) is 36.8 Å². The van der Waals surface area contributed by atoms with Gasteiger partial charge in [0.25, 0.3) is 0 Å². The summed E-state index contributed by atoms with van der Waals surface area (Å²) < 4.78 is 0. The molecule has 1 N–H and O–H groups in total. The van der Waals surface area contributed by atoms with Crippen LogP contribution < -0.4 is 0 Å². The zero-order chi connectivity index (χ0) is 13.7. The van der Waals surface area contributed by atoms with E-state index >= 15 is 0 Å². The topological polar surface area (TPSA) is 50.2 Å². The molecule has 0 unspecified atom stereocenters. The quantitative estimate of drug-likeness (QED) is 0.834. The maximum Gasteiger partial charge on any atom is 0.307 e. The zero-order valence-corrected chi connectivity index (χ0v) is 10.6. The third-order valence-electron chi connectivity index (χ3n) is 2.66. The molecule has 3 heteroatoms. The molecular weight excluding hydrogens is 238 g/mol. The van der Waals surface area contributed by atoms with Crippen molar-refractivity contribution in [3.05, 3.63) is 65.0 Å². The van der Waals surface area contributed by atoms with Crippen molar-refractivity contribution in [2.24, 2.45) is 0 Å². The number of carbonyl (C=O) groups is 1. The Morgan fingerprint density at radius 3 is 2.58 bits per heavy atom. The van der Waals surface area contributed by atoms with Gasteiger partial charge in [-0.2, -0.15) is 0 Å². The lowest BCUT2D eigenvalue weighted by Crippen LogP contribution is -1.99. The molecule has 2 rings (SSSR count). The summed E-state index contributed by atoms with van der Waals surface area (Å²) in [4.78, 5) is 14.7. The van der Waals surface area contributed by atoms with Gasteiger partial charge < -0.3 is 5.11 Å². The fourth-order valence-electron chi connectivity index (χ4n) is 1.64. The molecule has 94 valence electrons. The summed E-state index contributed by atoms with van der Waals surface area (Å²) >= 11 is 0. The number of benzene rings is 1. The largest absolute Gasteiger partial charge is 0.481 e. The Balaban J connectivity index is 2.17. The number of aryl methyl sites for hydroxylation is 1. The molecule has 0 fully saturated rings. The zero-order valence-electron chi connectivity index (χ0n) is 10.6. The van der Waals surface area contributed by atoms with E-state index in [0.29, 0.717) is 0 Å². The van der Waals surface area contributed by atoms with Crippen LogP contribution >= 0.6 is 0 Å². The van der Waals surface area contributed by atoms with Crippen molar-refractivity contribution in [1.29, 1.82) is 0 Å². The summed E-state index contributed by atoms with van der Waals surface area (Å²) in [5, 5.41) is 8.68. The monoisotopic (exact) mass is 251 g/mol. The van der Waals surface area contributed by atoms with Crippen molar-refractivity contribution in [1.82, 2.24) is 4.98 Å². The Labute approximate surface area is 111 Å². The number of hydrogen-bond donors (Lipinski definition) is 1. The van der Waals surface area contributed by atoms with Crippen molar-refractivity contribution in [3.63, 3.8) is 0 Å². The minimum absolute atomic E-state index is 0.0371. The van der Waals surface area contributed by atoms with Gasteiger partial charge in [0, 0.05) is 17.3 Å². The second-order valence-electron chi connectivity index (χ2n) is 4.15. The molecule has 0 aliphatic heterocycles. The van der Waals surface area contributed by atoms with Crippen molar-refractivity contribution >= 4 is 5.97 Å². The highest BCUT2D eigenvalue weighted by Gasteiger charge is 1.99. The van der Waals surface area contributed by atoms with Gasteiger partial charge >= 0.3 is 5.97 Å². The van der Waals surface area contributed by atoms with Crippen LogP contribution in [0.3, 0.4) is 0 Å². The van der Waals surface area contributed by atoms with Crippen LogP contribution in [0.1, 0.15) is 22.4 Å². The number of aromatic nitrogens is 1. The minimum atomic E-state index is -0.829. The molecule has 0 saturated heterocycles. The fraction of sp³-hybridized carbons (Fsp3) is 0.125. The van der Waals surface area contributed by atoms with Gasteiger partial charge in [0.1, 0.15) is 0 Å². The average molecular weight is 251 g/mol. The number of nitrogens with zero attached hydrogens (tertiary/aromatic N) is 1. The van der Waals surface area contributed by atoms with Crippen LogP contribution in [0.15, 0.2) is 42.6 Å². The highest BCUT2D eigenvalue weighted by atomic mass is 16.4. The standard InChI is InChI=1S/C16H13NO2/c1-12-15(3-2-10-17-12)9-8-13-4-6-14(7-5-13)11-16(18)19/h2-7,10H,11H2,1H3,(H,18,19). The molecule has 0 saturated carbocycles. The molecule has 1 aromatic heterocycles. The summed E-state index contributed by atoms with van der Waals surface area (Å²) in [6.45, 7) is 1.92. The van der Waals surface area contributed by atoms with E-state index in [1.54, 1.807) is 18.3 Å². The number of pyridine rings is 1. The first-order valence-corrected chi connectivity index (χ1v) is 5.89. The van der Waals surface area contributed by atoms with E-state index in [1.165, 1.54) is 0 Å². The average Bonchev–Trinajstić information content (AvgIpc) is 2.39. The van der Waals surface area contributed by atoms with E-state index in [9.17, 15) is 4.79 Å². The van der Waals surface area contributed by atoms with Crippen LogP contribution in [0.2, 0.25) is 0 Å². The molecule has 0 aliphatic carbocycles. The van der Waals surface area contributed by atoms with Crippen molar-refractivity contribution in [2.45, 2.75) is 13.3 Å². The first-order valence-electron chi connectivity index (χ1n) is 5.89. The van der Waals surface area contributed by atoms with Gasteiger partial charge in [0.05, 0.1) is 12.1 Å². The molecule has 0 bridgehead atoms. The Morgan fingerprint density at radius 2 is 1.95 bits per heavy atom. The molecule has 1 heterocycles. The summed E-state index contributed by atoms with van der Waals surface area (Å²) in [5.41, 5.74) is 3.43. The molecule has 0 atom stereocenters. The lowest BCUT2D eigenvalue weighted by molar-refractivity contribution is -0.136. The predicted octanol–water partition coefficient (Wildman–Crippen LogP) is 2.42. The van der Waals surface area contributed by atoms with Gasteiger partial charge in [0.2, 0.25) is 0 Å². The van der Waals surface area contributed by atoms with Crippen LogP contribution in [0.5, 0.6) is 0 Å². The lowest BCUT2D eigenvalue weighted by atomic mass is 10.1. The second-order valence-corrected chi connectivity index (χ2v) is 4.15. The Hall–Kier alpha value is -2.60. The smallest absolute Gasteiger partial charge is 0.307 e. The molecule has 0 radical (unpaired) electrons. The molecule has 0 spiro atoms. The summed E-state index contributed by atoms with van der Waals surface area (Å²) in [6, 6.07) is 11.0. The van der Waals surface area contributed by atoms with Gasteiger partial charge in [-0.3, -0.25) is 9.78 Å². The van der Waals surface area contributed by atoms with Crippen molar-refractivity contribution in [3.8, 4) is 11.8 Å². The minimum Gasteiger partial charge on any atom is -0.481 e. The number of hydrogen-bond acceptors (Lipinski definition) is 2. The number of rotatable bonds is 2. The molecule has 0 aliphatic rings. The number of aliphatic carboxylic acids is 1. The molecular formula is C16H13NO2. The summed E-state index contributed by atoms with van der Waals surface area (Å²) in [6.07, 6.45) is 1.77. The van der Waals surface area contributed by atoms with Crippen LogP contribution in [-0.4, -0.2) is 16.1 Å². The van der Waals surface area contributed by atoms with E-state index in [-0.39, 0.29) is 6.42 Å². The number of carboxylic acids is 1. The van der Waals surface area contributed by atoms with Crippen LogP contribution in [0, 0.1) is 18.8 Å². The lowest BCUT2D eigenvalue weighted by Gasteiger charge is -1.97. The molecule has 19 heavy (non-hydrogen) atoms. The first-order chi connectivity index (χ1) is 9.15. The molecule has 2 aromatic rings. The highest BCUT2D eigenvalue weighted by molar-refractivity contribution is 5.70. The van der Waals surface area contributed by atoms with E-state index in [4.69, 9.17) is 5.11 Å². The maximum absolute atomic E-state index is 10.6. The predicted molar refractivity (Wildman–Crippen MR) is 72.7 cm³/mol. The normalized spacial score (nSPS) is 9.53. The second kappa shape index (κ2) is 5.83. The van der Waals surface area contributed by atoms with Crippen LogP contribution in [0.4, 0.5) is 0 Å². The van der Waals surface area contributed by atoms with E-state index < -0.39 is 5.97 Å². The van der Waals surface area contributed by atoms with Gasteiger partial charge in [-0.25, -0.2) is 0 Å². The van der Waals surface area contributed by atoms with Gasteiger partial charge in [-0.1, -0.05) is 24.0 Å². The van der Waals surface area contributed by atoms with Gasteiger partial charge in [0.15, 0.2) is 0 Å². The molecule has 1 aromatic carbocycles. The highest BCUT2D eigenvalue weighted by Crippen LogP contribution is 2.06. The van der Waals surface area contributed by atoms with Crippen LogP contribution in [-0.2, 0) is 11.2 Å². The third kappa shape index (κ3) is 3.68. The Bertz CT molecular complexity index is 648. The molecule has 3 nitrogen and oxygen atoms in total. The Morgan fingerprint density at radius 1 is 1.21 bits per heavy atom. The SMILES string of the molecule is Cc1ncccc1C#Cc1ccc(CC(=O)O)cc1. The summed E-state index contributed by atoms with van der Waals surface area (Å²) in [5.74, 6) is 5.28. The van der Waals surface area contributed by atoms with E-state index in [0.717, 1.165) is 22.4 Å². The Kier molecular flexibility index (Phi) is 3.94. The van der Waals surface area contributed by atoms with Gasteiger partial charge in [-0.15, -0.1) is 0 Å². The van der Waals surface area contributed by atoms with Crippen LogP contribution in [0.25, 0.3) is 0 Å². The van der Waals surface area contributed by atoms with Crippen molar-refractivity contribution < 1.29 is 9.90 Å². The fourth-order valence-corrected chi connectivity index (χ4v) is 1.64. The van der Waals surface area contributed by atoms with Crippen molar-refractivity contribution in [2.75, 3.05) is 0 Å². The molecule has 0 amide bonds. The third-order valence-corrected chi connectivity index (χ3v) is 2.66. The summed E-state index contributed by atoms with van der Waals surface area (Å²) in [7, 11) is 0.